The molecule has 144 valence electrons. The van der Waals surface area contributed by atoms with E-state index in [0.717, 1.165) is 11.1 Å². The maximum atomic E-state index is 13.3. The first-order valence-corrected chi connectivity index (χ1v) is 9.27. The summed E-state index contributed by atoms with van der Waals surface area (Å²) < 4.78 is 14.9. The van der Waals surface area contributed by atoms with E-state index in [-0.39, 0.29) is 17.4 Å². The van der Waals surface area contributed by atoms with Crippen LogP contribution >= 0.6 is 11.6 Å². The number of hydrogen-bond donors (Lipinski definition) is 1. The zero-order valence-corrected chi connectivity index (χ0v) is 16.0. The first kappa shape index (κ1) is 18.8. The Labute approximate surface area is 171 Å². The third kappa shape index (κ3) is 4.33. The molecular weight excluding hydrogens is 391 g/mol. The third-order valence-corrected chi connectivity index (χ3v) is 4.59. The molecule has 4 aromatic rings. The molecule has 2 heterocycles. The summed E-state index contributed by atoms with van der Waals surface area (Å²) in [5, 5.41) is 7.94. The zero-order chi connectivity index (χ0) is 20.2. The normalized spacial score (nSPS) is 10.7. The number of amides is 1. The number of pyridine rings is 1. The van der Waals surface area contributed by atoms with Gasteiger partial charge in [0.15, 0.2) is 5.69 Å². The average molecular weight is 407 g/mol. The number of nitrogens with one attached hydrogen (secondary N) is 1. The molecule has 0 saturated heterocycles. The van der Waals surface area contributed by atoms with Gasteiger partial charge in [0.05, 0.1) is 11.4 Å². The summed E-state index contributed by atoms with van der Waals surface area (Å²) in [5.74, 6) is -0.657. The molecule has 0 atom stereocenters. The van der Waals surface area contributed by atoms with Crippen molar-refractivity contribution < 1.29 is 9.18 Å². The van der Waals surface area contributed by atoms with Crippen LogP contribution in [0.2, 0.25) is 5.02 Å². The van der Waals surface area contributed by atoms with E-state index in [9.17, 15) is 9.18 Å². The molecule has 0 radical (unpaired) electrons. The summed E-state index contributed by atoms with van der Waals surface area (Å²) in [6, 6.07) is 18.5. The Balaban J connectivity index is 1.64. The average Bonchev–Trinajstić information content (AvgIpc) is 3.20. The molecular formula is C22H16ClFN4O. The first-order valence-electron chi connectivity index (χ1n) is 8.89. The fourth-order valence-corrected chi connectivity index (χ4v) is 2.99. The standard InChI is InChI=1S/C22H16ClFN4O/c23-17-5-3-15(4-6-17)13-26-22(29)20-12-21(16-2-1-11-25-14-16)28(27-20)19-9-7-18(24)8-10-19/h1-12,14H,13H2,(H,26,29). The minimum absolute atomic E-state index is 0.252. The Morgan fingerprint density at radius 3 is 2.52 bits per heavy atom. The van der Waals surface area contributed by atoms with Crippen LogP contribution in [-0.2, 0) is 6.54 Å². The quantitative estimate of drug-likeness (QED) is 0.524. The number of rotatable bonds is 5. The summed E-state index contributed by atoms with van der Waals surface area (Å²) in [7, 11) is 0. The molecule has 5 nitrogen and oxygen atoms in total. The highest BCUT2D eigenvalue weighted by Crippen LogP contribution is 2.23. The number of nitrogens with zero attached hydrogens (tertiary/aromatic N) is 3. The molecule has 0 aliphatic heterocycles. The molecule has 1 N–H and O–H groups in total. The van der Waals surface area contributed by atoms with Gasteiger partial charge in [-0.25, -0.2) is 9.07 Å². The Kier molecular flexibility index (Phi) is 5.35. The predicted molar refractivity (Wildman–Crippen MR) is 109 cm³/mol. The van der Waals surface area contributed by atoms with E-state index in [0.29, 0.717) is 22.9 Å². The van der Waals surface area contributed by atoms with Gasteiger partial charge in [-0.2, -0.15) is 5.10 Å². The summed E-state index contributed by atoms with van der Waals surface area (Å²) >= 11 is 5.89. The number of carbonyl (C=O) groups excluding carboxylic acids is 1. The molecule has 0 bridgehead atoms. The largest absolute Gasteiger partial charge is 0.347 e. The minimum Gasteiger partial charge on any atom is -0.347 e. The number of aromatic nitrogens is 3. The topological polar surface area (TPSA) is 59.8 Å². The lowest BCUT2D eigenvalue weighted by Gasteiger charge is -2.07. The molecule has 0 aliphatic carbocycles. The van der Waals surface area contributed by atoms with Gasteiger partial charge < -0.3 is 5.32 Å². The van der Waals surface area contributed by atoms with Crippen molar-refractivity contribution in [2.45, 2.75) is 6.54 Å². The van der Waals surface area contributed by atoms with E-state index in [1.165, 1.54) is 12.1 Å². The van der Waals surface area contributed by atoms with Gasteiger partial charge in [0.2, 0.25) is 0 Å². The van der Waals surface area contributed by atoms with E-state index in [2.05, 4.69) is 15.4 Å². The highest BCUT2D eigenvalue weighted by atomic mass is 35.5. The fraction of sp³-hybridized carbons (Fsp3) is 0.0455. The molecule has 2 aromatic carbocycles. The van der Waals surface area contributed by atoms with Gasteiger partial charge >= 0.3 is 0 Å². The molecule has 0 fully saturated rings. The van der Waals surface area contributed by atoms with Crippen molar-refractivity contribution in [3.05, 3.63) is 101 Å². The molecule has 29 heavy (non-hydrogen) atoms. The summed E-state index contributed by atoms with van der Waals surface area (Å²) in [4.78, 5) is 16.8. The lowest BCUT2D eigenvalue weighted by atomic mass is 10.2. The third-order valence-electron chi connectivity index (χ3n) is 4.34. The summed E-state index contributed by atoms with van der Waals surface area (Å²) in [6.07, 6.45) is 3.36. The lowest BCUT2D eigenvalue weighted by Crippen LogP contribution is -2.23. The number of benzene rings is 2. The maximum absolute atomic E-state index is 13.3. The van der Waals surface area contributed by atoms with Gasteiger partial charge in [0.25, 0.3) is 5.91 Å². The van der Waals surface area contributed by atoms with Crippen LogP contribution in [0.3, 0.4) is 0 Å². The second-order valence-electron chi connectivity index (χ2n) is 6.35. The van der Waals surface area contributed by atoms with Crippen molar-refractivity contribution in [1.82, 2.24) is 20.1 Å². The van der Waals surface area contributed by atoms with Crippen LogP contribution in [0.15, 0.2) is 79.1 Å². The second kappa shape index (κ2) is 8.24. The highest BCUT2D eigenvalue weighted by Gasteiger charge is 2.17. The molecule has 0 aliphatic rings. The number of hydrogen-bond acceptors (Lipinski definition) is 3. The first-order chi connectivity index (χ1) is 14.1. The Hall–Kier alpha value is -3.51. The van der Waals surface area contributed by atoms with Crippen LogP contribution in [0.4, 0.5) is 4.39 Å². The van der Waals surface area contributed by atoms with Gasteiger partial charge in [-0.05, 0) is 60.2 Å². The van der Waals surface area contributed by atoms with Crippen molar-refractivity contribution >= 4 is 17.5 Å². The summed E-state index contributed by atoms with van der Waals surface area (Å²) in [6.45, 7) is 0.349. The molecule has 4 rings (SSSR count). The Bertz CT molecular complexity index is 1130. The van der Waals surface area contributed by atoms with Crippen LogP contribution in [0.25, 0.3) is 16.9 Å². The van der Waals surface area contributed by atoms with Crippen LogP contribution in [0.1, 0.15) is 16.1 Å². The van der Waals surface area contributed by atoms with Crippen LogP contribution in [0, 0.1) is 5.82 Å². The monoisotopic (exact) mass is 406 g/mol. The number of carbonyl (C=O) groups is 1. The lowest BCUT2D eigenvalue weighted by molar-refractivity contribution is 0.0945. The number of halogens is 2. The van der Waals surface area contributed by atoms with Gasteiger partial charge in [-0.1, -0.05) is 23.7 Å². The van der Waals surface area contributed by atoms with Crippen molar-refractivity contribution in [3.8, 4) is 16.9 Å². The zero-order valence-electron chi connectivity index (χ0n) is 15.2. The SMILES string of the molecule is O=C(NCc1ccc(Cl)cc1)c1cc(-c2cccnc2)n(-c2ccc(F)cc2)n1. The van der Waals surface area contributed by atoms with E-state index >= 15 is 0 Å². The predicted octanol–water partition coefficient (Wildman–Crippen LogP) is 4.66. The van der Waals surface area contributed by atoms with Crippen LogP contribution < -0.4 is 5.32 Å². The van der Waals surface area contributed by atoms with E-state index in [4.69, 9.17) is 11.6 Å². The van der Waals surface area contributed by atoms with Gasteiger partial charge in [0, 0.05) is 29.5 Å². The molecule has 0 saturated carbocycles. The van der Waals surface area contributed by atoms with E-state index < -0.39 is 0 Å². The van der Waals surface area contributed by atoms with Gasteiger partial charge in [-0.15, -0.1) is 0 Å². The maximum Gasteiger partial charge on any atom is 0.272 e. The Morgan fingerprint density at radius 1 is 1.07 bits per heavy atom. The molecule has 7 heteroatoms. The van der Waals surface area contributed by atoms with Crippen molar-refractivity contribution in [3.63, 3.8) is 0 Å². The smallest absolute Gasteiger partial charge is 0.272 e. The Morgan fingerprint density at radius 2 is 1.83 bits per heavy atom. The minimum atomic E-state index is -0.343. The van der Waals surface area contributed by atoms with Gasteiger partial charge in [0.1, 0.15) is 5.82 Å². The molecule has 0 unspecified atom stereocenters. The fourth-order valence-electron chi connectivity index (χ4n) is 2.87. The van der Waals surface area contributed by atoms with Crippen LogP contribution in [-0.4, -0.2) is 20.7 Å². The van der Waals surface area contributed by atoms with Gasteiger partial charge in [-0.3, -0.25) is 9.78 Å². The molecule has 2 aromatic heterocycles. The molecule has 0 spiro atoms. The summed E-state index contributed by atoms with van der Waals surface area (Å²) in [5.41, 5.74) is 3.29. The van der Waals surface area contributed by atoms with E-state index in [1.54, 1.807) is 53.5 Å². The molecule has 1 amide bonds. The van der Waals surface area contributed by atoms with Crippen molar-refractivity contribution in [1.29, 1.82) is 0 Å². The second-order valence-corrected chi connectivity index (χ2v) is 6.79. The van der Waals surface area contributed by atoms with E-state index in [1.807, 2.05) is 18.2 Å². The highest BCUT2D eigenvalue weighted by molar-refractivity contribution is 6.30. The van der Waals surface area contributed by atoms with Crippen molar-refractivity contribution in [2.75, 3.05) is 0 Å². The van der Waals surface area contributed by atoms with Crippen molar-refractivity contribution in [2.24, 2.45) is 0 Å². The van der Waals surface area contributed by atoms with Crippen LogP contribution in [0.5, 0.6) is 0 Å².